The topological polar surface area (TPSA) is 195 Å². The van der Waals surface area contributed by atoms with Crippen molar-refractivity contribution in [3.8, 4) is 28.9 Å². The van der Waals surface area contributed by atoms with Crippen LogP contribution in [0.15, 0.2) is 47.6 Å². The number of aromatic hydroxyl groups is 1. The van der Waals surface area contributed by atoms with E-state index in [2.05, 4.69) is 9.98 Å². The summed E-state index contributed by atoms with van der Waals surface area (Å²) in [7, 11) is 3.32. The minimum absolute atomic E-state index is 0.0183. The molecule has 0 saturated heterocycles. The Kier molecular flexibility index (Phi) is 8.19. The zero-order valence-electron chi connectivity index (χ0n) is 24.3. The van der Waals surface area contributed by atoms with Crippen LogP contribution in [0.1, 0.15) is 30.4 Å². The third kappa shape index (κ3) is 5.75. The van der Waals surface area contributed by atoms with Gasteiger partial charge in [0.2, 0.25) is 11.6 Å². The first kappa shape index (κ1) is 31.0. The molecule has 2 aliphatic rings. The number of aromatic nitrogens is 1. The van der Waals surface area contributed by atoms with Crippen molar-refractivity contribution in [3.05, 3.63) is 65.4 Å². The Bertz CT molecular complexity index is 1740. The lowest BCUT2D eigenvalue weighted by Gasteiger charge is -2.37. The van der Waals surface area contributed by atoms with Gasteiger partial charge >= 0.3 is 11.9 Å². The predicted octanol–water partition coefficient (Wildman–Crippen LogP) is 3.77. The third-order valence-corrected chi connectivity index (χ3v) is 8.12. The first-order chi connectivity index (χ1) is 21.3. The van der Waals surface area contributed by atoms with Gasteiger partial charge in [0, 0.05) is 31.9 Å². The summed E-state index contributed by atoms with van der Waals surface area (Å²) in [6.07, 6.45) is 0.864. The number of amidine groups is 2. The quantitative estimate of drug-likeness (QED) is 0.163. The molecule has 0 radical (unpaired) electrons. The lowest BCUT2D eigenvalue weighted by atomic mass is 9.93. The number of halogens is 2. The number of hydrogen-bond donors (Lipinski definition) is 5. The number of benzene rings is 2. The zero-order valence-corrected chi connectivity index (χ0v) is 24.3. The molecule has 1 saturated carbocycles. The number of rotatable bonds is 10. The number of phenols is 1. The van der Waals surface area contributed by atoms with Crippen molar-refractivity contribution < 1.29 is 43.2 Å². The van der Waals surface area contributed by atoms with Gasteiger partial charge in [-0.25, -0.2) is 14.2 Å². The molecule has 15 heteroatoms. The molecule has 5 rings (SSSR count). The van der Waals surface area contributed by atoms with Crippen molar-refractivity contribution in [3.63, 3.8) is 0 Å². The number of carboxylic acid groups (broad SMARTS) is 2. The molecule has 2 heterocycles. The van der Waals surface area contributed by atoms with Gasteiger partial charge in [-0.1, -0.05) is 0 Å². The molecule has 45 heavy (non-hydrogen) atoms. The Morgan fingerprint density at radius 3 is 2.53 bits per heavy atom. The normalized spacial score (nSPS) is 19.2. The monoisotopic (exact) mass is 624 g/mol. The molecule has 6 N–H and O–H groups in total. The zero-order chi connectivity index (χ0) is 32.6. The third-order valence-electron chi connectivity index (χ3n) is 8.12. The van der Waals surface area contributed by atoms with E-state index in [0.29, 0.717) is 36.4 Å². The molecule has 1 aromatic heterocycles. The number of nitrogens with zero attached hydrogens (tertiary/aromatic N) is 4. The molecule has 2 aromatic carbocycles. The van der Waals surface area contributed by atoms with Crippen molar-refractivity contribution >= 4 is 29.3 Å². The molecule has 0 amide bonds. The minimum atomic E-state index is -1.49. The highest BCUT2D eigenvalue weighted by Gasteiger charge is 2.51. The van der Waals surface area contributed by atoms with Gasteiger partial charge in [0.1, 0.15) is 23.0 Å². The molecule has 2 unspecified atom stereocenters. The largest absolute Gasteiger partial charge is 0.504 e. The predicted molar refractivity (Wildman–Crippen MR) is 158 cm³/mol. The molecule has 236 valence electrons. The standard InChI is InChI=1S/C30H30F2N6O7/c1-37-10-9-35-26(37)18-12-17(38(2)30(29(42)43)8-7-16(13-30)28(40)41)4-6-21(18)44-24-19(31)14-36-27(23(24)32)45-22-11-15(25(33)34)3-5-20(22)39/h3-6,11-12,14,16,39H,7-10,13H2,1-2H3,(H3,33,34)(H,40,41)(H,42,43). The molecule has 2 atom stereocenters. The second kappa shape index (κ2) is 11.9. The first-order valence-corrected chi connectivity index (χ1v) is 13.8. The van der Waals surface area contributed by atoms with Crippen LogP contribution in [0, 0.1) is 23.0 Å². The highest BCUT2D eigenvalue weighted by molar-refractivity contribution is 6.03. The number of nitrogens with two attached hydrogens (primary N) is 1. The molecule has 0 bridgehead atoms. The minimum Gasteiger partial charge on any atom is -0.504 e. The van der Waals surface area contributed by atoms with E-state index in [0.717, 1.165) is 0 Å². The highest BCUT2D eigenvalue weighted by atomic mass is 19.1. The summed E-state index contributed by atoms with van der Waals surface area (Å²) in [5.41, 5.74) is 4.87. The van der Waals surface area contributed by atoms with Crippen molar-refractivity contribution in [1.29, 1.82) is 5.41 Å². The van der Waals surface area contributed by atoms with E-state index >= 15 is 8.78 Å². The molecule has 1 aliphatic heterocycles. The average molecular weight is 625 g/mol. The van der Waals surface area contributed by atoms with Crippen LogP contribution in [-0.2, 0) is 9.59 Å². The van der Waals surface area contributed by atoms with Gasteiger partial charge in [-0.15, -0.1) is 0 Å². The lowest BCUT2D eigenvalue weighted by molar-refractivity contribution is -0.144. The smallest absolute Gasteiger partial charge is 0.329 e. The van der Waals surface area contributed by atoms with E-state index < -0.39 is 52.4 Å². The highest BCUT2D eigenvalue weighted by Crippen LogP contribution is 2.43. The van der Waals surface area contributed by atoms with Crippen molar-refractivity contribution in [2.45, 2.75) is 24.8 Å². The summed E-state index contributed by atoms with van der Waals surface area (Å²) in [5.74, 6) is -7.76. The number of ether oxygens (including phenoxy) is 2. The molecular weight excluding hydrogens is 594 g/mol. The molecule has 0 spiro atoms. The summed E-state index contributed by atoms with van der Waals surface area (Å²) >= 11 is 0. The maximum absolute atomic E-state index is 15.7. The fourth-order valence-electron chi connectivity index (χ4n) is 5.51. The van der Waals surface area contributed by atoms with E-state index in [1.165, 1.54) is 35.2 Å². The number of nitrogen functional groups attached to an aromatic ring is 1. The van der Waals surface area contributed by atoms with Gasteiger partial charge in [0.25, 0.3) is 5.88 Å². The number of hydrogen-bond acceptors (Lipinski definition) is 10. The summed E-state index contributed by atoms with van der Waals surface area (Å²) in [6.45, 7) is 0.983. The van der Waals surface area contributed by atoms with Crippen molar-refractivity contribution in [1.82, 2.24) is 9.88 Å². The van der Waals surface area contributed by atoms with Crippen molar-refractivity contribution in [2.75, 3.05) is 32.1 Å². The number of anilines is 1. The van der Waals surface area contributed by atoms with Crippen LogP contribution < -0.4 is 20.1 Å². The summed E-state index contributed by atoms with van der Waals surface area (Å²) < 4.78 is 41.9. The van der Waals surface area contributed by atoms with E-state index in [9.17, 15) is 24.9 Å². The Hall–Kier alpha value is -5.47. The van der Waals surface area contributed by atoms with E-state index in [1.807, 2.05) is 0 Å². The number of aliphatic imine (C=N–C) groups is 1. The number of aliphatic carboxylic acids is 2. The fraction of sp³-hybridized carbons (Fsp3) is 0.300. The first-order valence-electron chi connectivity index (χ1n) is 13.8. The number of pyridine rings is 1. The Balaban J connectivity index is 1.53. The van der Waals surface area contributed by atoms with E-state index in [4.69, 9.17) is 20.6 Å². The molecule has 1 fully saturated rings. The summed E-state index contributed by atoms with van der Waals surface area (Å²) in [6, 6.07) is 8.24. The maximum Gasteiger partial charge on any atom is 0.329 e. The number of phenolic OH excluding ortho intramolecular Hbond substituents is 1. The van der Waals surface area contributed by atoms with Gasteiger partial charge in [-0.05, 0) is 55.7 Å². The SMILES string of the molecule is CN1CCN=C1c1cc(N(C)C2(C(=O)O)CCC(C(=O)O)C2)ccc1Oc1c(F)cnc(Oc2cc(C(=N)N)ccc2O)c1F. The van der Waals surface area contributed by atoms with Crippen LogP contribution in [0.25, 0.3) is 0 Å². The Morgan fingerprint density at radius 1 is 1.16 bits per heavy atom. The van der Waals surface area contributed by atoms with Gasteiger partial charge in [0.15, 0.2) is 17.3 Å². The average Bonchev–Trinajstić information content (AvgIpc) is 3.65. The van der Waals surface area contributed by atoms with Gasteiger partial charge in [-0.2, -0.15) is 4.39 Å². The van der Waals surface area contributed by atoms with Gasteiger partial charge in [0.05, 0.1) is 24.2 Å². The molecular formula is C30H30F2N6O7. The number of nitrogens with one attached hydrogen (secondary N) is 1. The lowest BCUT2D eigenvalue weighted by Crippen LogP contribution is -2.51. The van der Waals surface area contributed by atoms with Crippen LogP contribution in [0.2, 0.25) is 0 Å². The Labute approximate surface area is 255 Å². The van der Waals surface area contributed by atoms with Gasteiger partial charge in [-0.3, -0.25) is 15.2 Å². The van der Waals surface area contributed by atoms with Crippen LogP contribution in [-0.4, -0.2) is 81.5 Å². The number of carbonyl (C=O) groups is 2. The van der Waals surface area contributed by atoms with Crippen LogP contribution in [0.3, 0.4) is 0 Å². The van der Waals surface area contributed by atoms with Crippen molar-refractivity contribution in [2.24, 2.45) is 16.6 Å². The second-order valence-corrected chi connectivity index (χ2v) is 10.8. The molecule has 13 nitrogen and oxygen atoms in total. The maximum atomic E-state index is 15.7. The number of likely N-dealkylation sites (N-methyl/N-ethyl adjacent to an activating group) is 2. The fourth-order valence-corrected chi connectivity index (χ4v) is 5.51. The summed E-state index contributed by atoms with van der Waals surface area (Å²) in [5, 5.41) is 37.5. The van der Waals surface area contributed by atoms with Crippen LogP contribution >= 0.6 is 0 Å². The summed E-state index contributed by atoms with van der Waals surface area (Å²) in [4.78, 5) is 35.6. The Morgan fingerprint density at radius 2 is 1.91 bits per heavy atom. The van der Waals surface area contributed by atoms with E-state index in [-0.39, 0.29) is 42.2 Å². The van der Waals surface area contributed by atoms with E-state index in [1.54, 1.807) is 25.1 Å². The molecule has 1 aliphatic carbocycles. The van der Waals surface area contributed by atoms with Crippen LogP contribution in [0.5, 0.6) is 28.9 Å². The number of carboxylic acids is 2. The van der Waals surface area contributed by atoms with Gasteiger partial charge < -0.3 is 40.3 Å². The molecule has 3 aromatic rings. The second-order valence-electron chi connectivity index (χ2n) is 10.8. The van der Waals surface area contributed by atoms with Crippen LogP contribution in [0.4, 0.5) is 14.5 Å².